The normalized spacial score (nSPS) is 18.9. The van der Waals surface area contributed by atoms with Gasteiger partial charge in [0.25, 0.3) is 0 Å². The van der Waals surface area contributed by atoms with E-state index in [1.54, 1.807) is 12.1 Å². The van der Waals surface area contributed by atoms with Crippen molar-refractivity contribution in [3.05, 3.63) is 22.7 Å². The van der Waals surface area contributed by atoms with Crippen LogP contribution in [0.15, 0.2) is 12.1 Å². The molecule has 1 aromatic rings. The lowest BCUT2D eigenvalue weighted by atomic mass is 10.1. The minimum atomic E-state index is 0.0774. The van der Waals surface area contributed by atoms with E-state index in [1.807, 2.05) is 0 Å². The Hall–Kier alpha value is -1.26. The van der Waals surface area contributed by atoms with Crippen LogP contribution in [0.5, 0.6) is 11.5 Å². The molecule has 0 saturated carbocycles. The van der Waals surface area contributed by atoms with Crippen molar-refractivity contribution in [1.82, 2.24) is 0 Å². The van der Waals surface area contributed by atoms with E-state index in [9.17, 15) is 4.79 Å². The van der Waals surface area contributed by atoms with E-state index in [0.29, 0.717) is 35.0 Å². The number of carbonyl (C=O) groups excluding carboxylic acids is 1. The van der Waals surface area contributed by atoms with Gasteiger partial charge in [-0.15, -0.1) is 0 Å². The van der Waals surface area contributed by atoms with Gasteiger partial charge in [0.2, 0.25) is 0 Å². The maximum absolute atomic E-state index is 11.1. The second-order valence-corrected chi connectivity index (χ2v) is 4.88. The zero-order valence-corrected chi connectivity index (χ0v) is 11.6. The summed E-state index contributed by atoms with van der Waals surface area (Å²) in [5.41, 5.74) is 0.389. The molecule has 5 heteroatoms. The summed E-state index contributed by atoms with van der Waals surface area (Å²) in [5, 5.41) is 0.445. The summed E-state index contributed by atoms with van der Waals surface area (Å²) in [5.74, 6) is 0.890. The van der Waals surface area contributed by atoms with Crippen molar-refractivity contribution < 1.29 is 19.0 Å². The quantitative estimate of drug-likeness (QED) is 0.780. The summed E-state index contributed by atoms with van der Waals surface area (Å²) in [6, 6.07) is 3.19. The highest BCUT2D eigenvalue weighted by atomic mass is 35.5. The molecule has 19 heavy (non-hydrogen) atoms. The highest BCUT2D eigenvalue weighted by Gasteiger charge is 2.18. The first-order valence-corrected chi connectivity index (χ1v) is 6.69. The number of hydrogen-bond acceptors (Lipinski definition) is 4. The Bertz CT molecular complexity index is 441. The van der Waals surface area contributed by atoms with Gasteiger partial charge in [0.05, 0.1) is 18.8 Å². The van der Waals surface area contributed by atoms with Crippen LogP contribution in [0, 0.1) is 0 Å². The summed E-state index contributed by atoms with van der Waals surface area (Å²) < 4.78 is 16.5. The van der Waals surface area contributed by atoms with Gasteiger partial charge in [-0.05, 0) is 25.3 Å². The Balaban J connectivity index is 2.11. The van der Waals surface area contributed by atoms with E-state index < -0.39 is 0 Å². The lowest BCUT2D eigenvalue weighted by Gasteiger charge is -2.23. The van der Waals surface area contributed by atoms with Crippen LogP contribution in [0.4, 0.5) is 0 Å². The average Bonchev–Trinajstić information content (AvgIpc) is 2.46. The molecule has 1 fully saturated rings. The van der Waals surface area contributed by atoms with E-state index >= 15 is 0 Å². The lowest BCUT2D eigenvalue weighted by Crippen LogP contribution is -2.26. The number of ether oxygens (including phenoxy) is 3. The summed E-state index contributed by atoms with van der Waals surface area (Å²) >= 11 is 5.91. The van der Waals surface area contributed by atoms with Gasteiger partial charge in [-0.25, -0.2) is 0 Å². The summed E-state index contributed by atoms with van der Waals surface area (Å²) in [6.07, 6.45) is 4.01. The molecule has 0 aliphatic carbocycles. The van der Waals surface area contributed by atoms with Crippen LogP contribution in [-0.4, -0.2) is 32.7 Å². The van der Waals surface area contributed by atoms with E-state index in [2.05, 4.69) is 0 Å². The van der Waals surface area contributed by atoms with E-state index in [1.165, 1.54) is 7.11 Å². The van der Waals surface area contributed by atoms with Crippen LogP contribution in [0.3, 0.4) is 0 Å². The zero-order chi connectivity index (χ0) is 13.7. The Kier molecular flexibility index (Phi) is 5.05. The fourth-order valence-electron chi connectivity index (χ4n) is 2.10. The van der Waals surface area contributed by atoms with E-state index in [-0.39, 0.29) is 6.10 Å². The van der Waals surface area contributed by atoms with Gasteiger partial charge in [-0.1, -0.05) is 11.6 Å². The Morgan fingerprint density at radius 3 is 2.95 bits per heavy atom. The smallest absolute Gasteiger partial charge is 0.171 e. The van der Waals surface area contributed by atoms with Crippen molar-refractivity contribution in [2.75, 3.05) is 20.3 Å². The van der Waals surface area contributed by atoms with Crippen molar-refractivity contribution in [3.63, 3.8) is 0 Å². The molecule has 4 nitrogen and oxygen atoms in total. The molecule has 0 bridgehead atoms. The Labute approximate surface area is 117 Å². The van der Waals surface area contributed by atoms with Gasteiger partial charge in [0, 0.05) is 17.7 Å². The number of rotatable bonds is 5. The SMILES string of the molecule is COc1cc(Cl)cc(C=O)c1OCC1CCCCO1. The molecule has 1 aliphatic heterocycles. The molecule has 1 aliphatic rings. The van der Waals surface area contributed by atoms with E-state index in [0.717, 1.165) is 25.9 Å². The van der Waals surface area contributed by atoms with Gasteiger partial charge in [0.1, 0.15) is 6.61 Å². The van der Waals surface area contributed by atoms with Crippen molar-refractivity contribution in [2.45, 2.75) is 25.4 Å². The minimum Gasteiger partial charge on any atom is -0.493 e. The summed E-state index contributed by atoms with van der Waals surface area (Å²) in [7, 11) is 1.52. The van der Waals surface area contributed by atoms with Crippen LogP contribution < -0.4 is 9.47 Å². The van der Waals surface area contributed by atoms with Gasteiger partial charge in [-0.3, -0.25) is 4.79 Å². The van der Waals surface area contributed by atoms with Crippen LogP contribution in [0.25, 0.3) is 0 Å². The first kappa shape index (κ1) is 14.2. The van der Waals surface area contributed by atoms with Gasteiger partial charge in [0.15, 0.2) is 17.8 Å². The summed E-state index contributed by atoms with van der Waals surface area (Å²) in [4.78, 5) is 11.1. The highest BCUT2D eigenvalue weighted by molar-refractivity contribution is 6.31. The minimum absolute atomic E-state index is 0.0774. The monoisotopic (exact) mass is 284 g/mol. The maximum atomic E-state index is 11.1. The molecule has 0 amide bonds. The number of benzene rings is 1. The molecule has 0 aromatic heterocycles. The molecular formula is C14H17ClO4. The largest absolute Gasteiger partial charge is 0.493 e. The number of hydrogen-bond donors (Lipinski definition) is 0. The average molecular weight is 285 g/mol. The Morgan fingerprint density at radius 1 is 1.47 bits per heavy atom. The fourth-order valence-corrected chi connectivity index (χ4v) is 2.31. The molecule has 0 spiro atoms. The van der Waals surface area contributed by atoms with Gasteiger partial charge >= 0.3 is 0 Å². The molecule has 1 saturated heterocycles. The number of aldehydes is 1. The topological polar surface area (TPSA) is 44.8 Å². The molecule has 0 N–H and O–H groups in total. The van der Waals surface area contributed by atoms with Crippen LogP contribution >= 0.6 is 11.6 Å². The maximum Gasteiger partial charge on any atom is 0.171 e. The van der Waals surface area contributed by atoms with Gasteiger partial charge in [-0.2, -0.15) is 0 Å². The lowest BCUT2D eigenvalue weighted by molar-refractivity contribution is -0.0115. The second kappa shape index (κ2) is 6.78. The second-order valence-electron chi connectivity index (χ2n) is 4.44. The fraction of sp³-hybridized carbons (Fsp3) is 0.500. The van der Waals surface area contributed by atoms with Crippen molar-refractivity contribution >= 4 is 17.9 Å². The summed E-state index contributed by atoms with van der Waals surface area (Å²) in [6.45, 7) is 1.19. The van der Waals surface area contributed by atoms with Crippen molar-refractivity contribution in [3.8, 4) is 11.5 Å². The first-order valence-electron chi connectivity index (χ1n) is 6.31. The van der Waals surface area contributed by atoms with Crippen molar-refractivity contribution in [2.24, 2.45) is 0 Å². The molecule has 1 atom stereocenters. The molecule has 1 heterocycles. The first-order chi connectivity index (χ1) is 9.24. The third-order valence-electron chi connectivity index (χ3n) is 3.08. The van der Waals surface area contributed by atoms with Gasteiger partial charge < -0.3 is 14.2 Å². The predicted octanol–water partition coefficient (Wildman–Crippen LogP) is 3.11. The zero-order valence-electron chi connectivity index (χ0n) is 10.9. The molecule has 2 rings (SSSR count). The standard InChI is InChI=1S/C14H17ClO4/c1-17-13-7-11(15)6-10(8-16)14(13)19-9-12-4-2-3-5-18-12/h6-8,12H,2-5,9H2,1H3. The Morgan fingerprint density at radius 2 is 2.32 bits per heavy atom. The molecular weight excluding hydrogens is 268 g/mol. The van der Waals surface area contributed by atoms with Crippen LogP contribution in [-0.2, 0) is 4.74 Å². The predicted molar refractivity (Wildman–Crippen MR) is 72.5 cm³/mol. The number of methoxy groups -OCH3 is 1. The molecule has 1 aromatic carbocycles. The molecule has 104 valence electrons. The molecule has 1 unspecified atom stereocenters. The highest BCUT2D eigenvalue weighted by Crippen LogP contribution is 2.34. The third-order valence-corrected chi connectivity index (χ3v) is 3.30. The number of carbonyl (C=O) groups is 1. The van der Waals surface area contributed by atoms with Crippen LogP contribution in [0.1, 0.15) is 29.6 Å². The van der Waals surface area contributed by atoms with E-state index in [4.69, 9.17) is 25.8 Å². The van der Waals surface area contributed by atoms with Crippen LogP contribution in [0.2, 0.25) is 5.02 Å². The molecule has 0 radical (unpaired) electrons. The van der Waals surface area contributed by atoms with Crippen molar-refractivity contribution in [1.29, 1.82) is 0 Å². The third kappa shape index (κ3) is 3.61. The number of halogens is 1.